The number of likely N-dealkylation sites (tertiary alicyclic amines) is 1. The first-order valence-electron chi connectivity index (χ1n) is 9.85. The Kier molecular flexibility index (Phi) is 7.06. The van der Waals surface area contributed by atoms with Gasteiger partial charge in [0.25, 0.3) is 0 Å². The van der Waals surface area contributed by atoms with Gasteiger partial charge in [0.2, 0.25) is 0 Å². The summed E-state index contributed by atoms with van der Waals surface area (Å²) in [6.45, 7) is 4.01. The number of carbonyl (C=O) groups excluding carboxylic acids is 2. The van der Waals surface area contributed by atoms with E-state index in [2.05, 4.69) is 18.7 Å². The Morgan fingerprint density at radius 2 is 1.69 bits per heavy atom. The van der Waals surface area contributed by atoms with Crippen LogP contribution in [0.1, 0.15) is 24.0 Å². The van der Waals surface area contributed by atoms with Crippen molar-refractivity contribution < 1.29 is 19.1 Å². The van der Waals surface area contributed by atoms with Gasteiger partial charge in [-0.15, -0.1) is 6.58 Å². The lowest BCUT2D eigenvalue weighted by Gasteiger charge is -2.29. The Hall–Kier alpha value is -3.08. The van der Waals surface area contributed by atoms with E-state index in [1.54, 1.807) is 11.0 Å². The van der Waals surface area contributed by atoms with Crippen LogP contribution in [0.5, 0.6) is 0 Å². The molecule has 3 atom stereocenters. The summed E-state index contributed by atoms with van der Waals surface area (Å²) in [5.41, 5.74) is 2.07. The van der Waals surface area contributed by atoms with E-state index in [1.165, 1.54) is 12.7 Å². The first-order valence-corrected chi connectivity index (χ1v) is 9.85. The van der Waals surface area contributed by atoms with E-state index in [9.17, 15) is 9.59 Å². The number of benzene rings is 2. The Morgan fingerprint density at radius 1 is 1.07 bits per heavy atom. The van der Waals surface area contributed by atoms with Crippen molar-refractivity contribution >= 4 is 12.1 Å². The SMILES string of the molecule is C=CC[C@H]1[C@@H](Cc2ccccc2)C[C@@H](C(=O)OC)N1C(=O)OCc1ccccc1. The molecule has 0 aromatic heterocycles. The minimum atomic E-state index is -0.651. The summed E-state index contributed by atoms with van der Waals surface area (Å²) >= 11 is 0. The first kappa shape index (κ1) is 20.6. The lowest BCUT2D eigenvalue weighted by atomic mass is 9.90. The Morgan fingerprint density at radius 3 is 2.28 bits per heavy atom. The molecule has 0 radical (unpaired) electrons. The van der Waals surface area contributed by atoms with Gasteiger partial charge >= 0.3 is 12.1 Å². The molecular weight excluding hydrogens is 366 g/mol. The molecule has 0 spiro atoms. The molecule has 1 aliphatic rings. The third-order valence-electron chi connectivity index (χ3n) is 5.40. The van der Waals surface area contributed by atoms with Crippen LogP contribution in [0.2, 0.25) is 0 Å². The Labute approximate surface area is 171 Å². The second-order valence-electron chi connectivity index (χ2n) is 7.26. The van der Waals surface area contributed by atoms with Crippen LogP contribution >= 0.6 is 0 Å². The fraction of sp³-hybridized carbons (Fsp3) is 0.333. The van der Waals surface area contributed by atoms with E-state index in [4.69, 9.17) is 9.47 Å². The molecule has 5 heteroatoms. The number of rotatable bonds is 7. The lowest BCUT2D eigenvalue weighted by Crippen LogP contribution is -2.46. The summed E-state index contributed by atoms with van der Waals surface area (Å²) in [7, 11) is 1.35. The van der Waals surface area contributed by atoms with Crippen molar-refractivity contribution in [2.75, 3.05) is 7.11 Å². The molecule has 152 valence electrons. The van der Waals surface area contributed by atoms with Crippen LogP contribution in [0.4, 0.5) is 4.79 Å². The average Bonchev–Trinajstić information content (AvgIpc) is 3.11. The first-order chi connectivity index (χ1) is 14.1. The van der Waals surface area contributed by atoms with Crippen LogP contribution in [0.25, 0.3) is 0 Å². The zero-order valence-corrected chi connectivity index (χ0v) is 16.7. The van der Waals surface area contributed by atoms with E-state index in [0.29, 0.717) is 12.8 Å². The molecule has 29 heavy (non-hydrogen) atoms. The second-order valence-corrected chi connectivity index (χ2v) is 7.26. The van der Waals surface area contributed by atoms with Crippen molar-refractivity contribution in [3.63, 3.8) is 0 Å². The smallest absolute Gasteiger partial charge is 0.411 e. The van der Waals surface area contributed by atoms with E-state index in [0.717, 1.165) is 12.0 Å². The van der Waals surface area contributed by atoms with Gasteiger partial charge < -0.3 is 9.47 Å². The van der Waals surface area contributed by atoms with Gasteiger partial charge in [0.15, 0.2) is 0 Å². The summed E-state index contributed by atoms with van der Waals surface area (Å²) in [4.78, 5) is 27.0. The molecule has 2 aromatic carbocycles. The highest BCUT2D eigenvalue weighted by Crippen LogP contribution is 2.36. The van der Waals surface area contributed by atoms with Gasteiger partial charge in [-0.25, -0.2) is 9.59 Å². The van der Waals surface area contributed by atoms with Crippen molar-refractivity contribution in [1.82, 2.24) is 4.90 Å². The van der Waals surface area contributed by atoms with Gasteiger partial charge in [0.05, 0.1) is 7.11 Å². The maximum atomic E-state index is 13.0. The summed E-state index contributed by atoms with van der Waals surface area (Å²) in [6.07, 6.45) is 3.20. The largest absolute Gasteiger partial charge is 0.467 e. The van der Waals surface area contributed by atoms with E-state index >= 15 is 0 Å². The van der Waals surface area contributed by atoms with Crippen LogP contribution in [0.3, 0.4) is 0 Å². The number of nitrogens with zero attached hydrogens (tertiary/aromatic N) is 1. The standard InChI is InChI=1S/C24H27NO4/c1-3-10-21-20(15-18-11-6-4-7-12-18)16-22(23(26)28-2)25(21)24(27)29-17-19-13-8-5-9-14-19/h3-9,11-14,20-22H,1,10,15-17H2,2H3/t20-,21-,22-/m0/s1. The van der Waals surface area contributed by atoms with E-state index in [1.807, 2.05) is 48.5 Å². The predicted molar refractivity (Wildman–Crippen MR) is 111 cm³/mol. The predicted octanol–water partition coefficient (Wildman–Crippen LogP) is 4.37. The molecule has 2 aromatic rings. The van der Waals surface area contributed by atoms with Crippen molar-refractivity contribution in [3.8, 4) is 0 Å². The third kappa shape index (κ3) is 5.05. The molecule has 1 heterocycles. The van der Waals surface area contributed by atoms with Gasteiger partial charge in [-0.3, -0.25) is 4.90 Å². The summed E-state index contributed by atoms with van der Waals surface area (Å²) in [5, 5.41) is 0. The molecule has 0 aliphatic carbocycles. The highest BCUT2D eigenvalue weighted by Gasteiger charge is 2.47. The number of ether oxygens (including phenoxy) is 2. The lowest BCUT2D eigenvalue weighted by molar-refractivity contribution is -0.145. The summed E-state index contributed by atoms with van der Waals surface area (Å²) in [5.74, 6) is -0.296. The van der Waals surface area contributed by atoms with Crippen molar-refractivity contribution in [2.45, 2.75) is 38.0 Å². The average molecular weight is 393 g/mol. The number of hydrogen-bond acceptors (Lipinski definition) is 4. The number of carbonyl (C=O) groups is 2. The second kappa shape index (κ2) is 9.92. The molecule has 1 amide bonds. The van der Waals surface area contributed by atoms with E-state index in [-0.39, 0.29) is 18.6 Å². The molecule has 0 unspecified atom stereocenters. The number of amides is 1. The summed E-state index contributed by atoms with van der Waals surface area (Å²) in [6, 6.07) is 18.8. The maximum absolute atomic E-state index is 13.0. The minimum Gasteiger partial charge on any atom is -0.467 e. The van der Waals surface area contributed by atoms with Gasteiger partial charge in [-0.2, -0.15) is 0 Å². The highest BCUT2D eigenvalue weighted by molar-refractivity contribution is 5.82. The van der Waals surface area contributed by atoms with Crippen molar-refractivity contribution in [3.05, 3.63) is 84.4 Å². The molecule has 3 rings (SSSR count). The van der Waals surface area contributed by atoms with Gasteiger partial charge in [0, 0.05) is 6.04 Å². The zero-order chi connectivity index (χ0) is 20.6. The summed E-state index contributed by atoms with van der Waals surface area (Å²) < 4.78 is 10.5. The van der Waals surface area contributed by atoms with Crippen LogP contribution in [0, 0.1) is 5.92 Å². The van der Waals surface area contributed by atoms with Crippen LogP contribution in [0.15, 0.2) is 73.3 Å². The number of hydrogen-bond donors (Lipinski definition) is 0. The third-order valence-corrected chi connectivity index (χ3v) is 5.40. The number of methoxy groups -OCH3 is 1. The van der Waals surface area contributed by atoms with Crippen LogP contribution in [-0.4, -0.2) is 36.2 Å². The fourth-order valence-electron chi connectivity index (χ4n) is 4.03. The normalized spacial score (nSPS) is 20.9. The molecule has 0 saturated carbocycles. The van der Waals surface area contributed by atoms with Gasteiger partial charge in [-0.1, -0.05) is 66.7 Å². The van der Waals surface area contributed by atoms with Crippen molar-refractivity contribution in [1.29, 1.82) is 0 Å². The molecule has 5 nitrogen and oxygen atoms in total. The molecule has 0 N–H and O–H groups in total. The monoisotopic (exact) mass is 393 g/mol. The topological polar surface area (TPSA) is 55.8 Å². The quantitative estimate of drug-likeness (QED) is 0.518. The molecule has 1 aliphatic heterocycles. The number of esters is 1. The maximum Gasteiger partial charge on any atom is 0.411 e. The molecule has 1 saturated heterocycles. The van der Waals surface area contributed by atoms with Crippen LogP contribution in [-0.2, 0) is 27.3 Å². The van der Waals surface area contributed by atoms with E-state index < -0.39 is 18.1 Å². The highest BCUT2D eigenvalue weighted by atomic mass is 16.6. The fourth-order valence-corrected chi connectivity index (χ4v) is 4.03. The van der Waals surface area contributed by atoms with Crippen molar-refractivity contribution in [2.24, 2.45) is 5.92 Å². The van der Waals surface area contributed by atoms with Gasteiger partial charge in [-0.05, 0) is 36.3 Å². The Bertz CT molecular complexity index is 821. The minimum absolute atomic E-state index is 0.115. The molecule has 0 bridgehead atoms. The zero-order valence-electron chi connectivity index (χ0n) is 16.7. The van der Waals surface area contributed by atoms with Crippen LogP contribution < -0.4 is 0 Å². The Balaban J connectivity index is 1.80. The molecule has 1 fully saturated rings. The molecular formula is C24H27NO4. The van der Waals surface area contributed by atoms with Gasteiger partial charge in [0.1, 0.15) is 12.6 Å².